The number of nitrogen functional groups attached to an aromatic ring is 1. The molecule has 3 aromatic rings. The summed E-state index contributed by atoms with van der Waals surface area (Å²) in [6, 6.07) is 8.30. The number of nitrogens with two attached hydrogens (primary N) is 1. The number of H-pyrrole nitrogens is 1. The summed E-state index contributed by atoms with van der Waals surface area (Å²) in [5.74, 6) is 6.40. The van der Waals surface area contributed by atoms with E-state index in [1.165, 1.54) is 11.1 Å². The first-order chi connectivity index (χ1) is 9.76. The van der Waals surface area contributed by atoms with Crippen LogP contribution in [0, 0.1) is 6.92 Å². The van der Waals surface area contributed by atoms with Crippen molar-refractivity contribution in [3.63, 3.8) is 0 Å². The van der Waals surface area contributed by atoms with Gasteiger partial charge in [0.15, 0.2) is 5.65 Å². The van der Waals surface area contributed by atoms with E-state index in [1.54, 1.807) is 6.20 Å². The lowest BCUT2D eigenvalue weighted by molar-refractivity contribution is 1.07. The average molecular weight is 269 g/mol. The number of benzene rings is 1. The average Bonchev–Trinajstić information content (AvgIpc) is 2.93. The molecule has 7 heteroatoms. The first-order valence-corrected chi connectivity index (χ1v) is 6.23. The van der Waals surface area contributed by atoms with Crippen LogP contribution in [0.5, 0.6) is 0 Å². The maximum absolute atomic E-state index is 5.37. The van der Waals surface area contributed by atoms with Crippen molar-refractivity contribution in [2.24, 2.45) is 5.84 Å². The van der Waals surface area contributed by atoms with Gasteiger partial charge in [0.05, 0.1) is 11.6 Å². The highest BCUT2D eigenvalue weighted by molar-refractivity contribution is 5.86. The molecule has 0 aliphatic heterocycles. The number of hydrogen-bond acceptors (Lipinski definition) is 6. The molecule has 20 heavy (non-hydrogen) atoms. The zero-order valence-corrected chi connectivity index (χ0v) is 11.0. The van der Waals surface area contributed by atoms with E-state index >= 15 is 0 Å². The van der Waals surface area contributed by atoms with Gasteiger partial charge in [-0.05, 0) is 12.5 Å². The second-order valence-electron chi connectivity index (χ2n) is 4.52. The third kappa shape index (κ3) is 2.39. The lowest BCUT2D eigenvalue weighted by Gasteiger charge is -2.08. The lowest BCUT2D eigenvalue weighted by atomic mass is 10.1. The van der Waals surface area contributed by atoms with Crippen LogP contribution in [0.2, 0.25) is 0 Å². The summed E-state index contributed by atoms with van der Waals surface area (Å²) in [7, 11) is 0. The number of hydrogen-bond donors (Lipinski definition) is 4. The summed E-state index contributed by atoms with van der Waals surface area (Å²) >= 11 is 0. The fourth-order valence-electron chi connectivity index (χ4n) is 2.04. The second kappa shape index (κ2) is 5.14. The lowest BCUT2D eigenvalue weighted by Crippen LogP contribution is -2.12. The normalized spacial score (nSPS) is 10.7. The molecule has 5 N–H and O–H groups in total. The number of anilines is 2. The van der Waals surface area contributed by atoms with Crippen molar-refractivity contribution in [2.75, 3.05) is 10.7 Å². The predicted octanol–water partition coefficient (Wildman–Crippen LogP) is 1.56. The molecule has 0 spiro atoms. The molecule has 7 nitrogen and oxygen atoms in total. The van der Waals surface area contributed by atoms with Gasteiger partial charge in [-0.15, -0.1) is 0 Å². The molecule has 102 valence electrons. The van der Waals surface area contributed by atoms with E-state index < -0.39 is 0 Å². The molecular formula is C13H15N7. The van der Waals surface area contributed by atoms with Gasteiger partial charge in [-0.25, -0.2) is 5.84 Å². The van der Waals surface area contributed by atoms with Crippen molar-refractivity contribution in [1.29, 1.82) is 0 Å². The van der Waals surface area contributed by atoms with Crippen LogP contribution >= 0.6 is 0 Å². The molecule has 0 bridgehead atoms. The number of rotatable bonds is 4. The highest BCUT2D eigenvalue weighted by atomic mass is 15.3. The van der Waals surface area contributed by atoms with E-state index in [1.807, 2.05) is 6.07 Å². The number of nitrogens with one attached hydrogen (secondary N) is 3. The van der Waals surface area contributed by atoms with Crippen molar-refractivity contribution in [3.05, 3.63) is 41.6 Å². The van der Waals surface area contributed by atoms with Crippen LogP contribution in [0.4, 0.5) is 11.8 Å². The third-order valence-electron chi connectivity index (χ3n) is 2.98. The van der Waals surface area contributed by atoms with Crippen LogP contribution in [0.1, 0.15) is 11.1 Å². The first kappa shape index (κ1) is 12.4. The predicted molar refractivity (Wildman–Crippen MR) is 78.0 cm³/mol. The number of aromatic nitrogens is 4. The summed E-state index contributed by atoms with van der Waals surface area (Å²) in [5, 5.41) is 10.9. The molecule has 0 aliphatic carbocycles. The standard InChI is InChI=1S/C13H15N7/c1-8-3-2-4-9(5-8)6-15-11-10-7-16-20-12(10)18-13(17-11)19-14/h2-5,7H,6,14H2,1H3,(H3,15,16,17,18,19,20). The third-order valence-corrected chi connectivity index (χ3v) is 2.98. The highest BCUT2D eigenvalue weighted by Crippen LogP contribution is 2.20. The molecule has 2 heterocycles. The molecule has 0 atom stereocenters. The van der Waals surface area contributed by atoms with E-state index in [0.717, 1.165) is 5.39 Å². The molecule has 0 aliphatic rings. The van der Waals surface area contributed by atoms with Crippen molar-refractivity contribution in [1.82, 2.24) is 20.2 Å². The Morgan fingerprint density at radius 3 is 3.00 bits per heavy atom. The summed E-state index contributed by atoms with van der Waals surface area (Å²) in [5.41, 5.74) is 5.49. The molecule has 3 rings (SSSR count). The zero-order valence-electron chi connectivity index (χ0n) is 11.0. The SMILES string of the molecule is Cc1cccc(CNc2nc(NN)nc3[nH]ncc23)c1. The van der Waals surface area contributed by atoms with Gasteiger partial charge < -0.3 is 5.32 Å². The van der Waals surface area contributed by atoms with Gasteiger partial charge in [0.25, 0.3) is 0 Å². The molecule has 0 radical (unpaired) electrons. The van der Waals surface area contributed by atoms with Crippen LogP contribution in [0.15, 0.2) is 30.5 Å². The minimum atomic E-state index is 0.341. The van der Waals surface area contributed by atoms with Gasteiger partial charge in [0, 0.05) is 6.54 Å². The Morgan fingerprint density at radius 2 is 2.20 bits per heavy atom. The fraction of sp³-hybridized carbons (Fsp3) is 0.154. The number of aromatic amines is 1. The quantitative estimate of drug-likeness (QED) is 0.423. The topological polar surface area (TPSA) is 105 Å². The summed E-state index contributed by atoms with van der Waals surface area (Å²) in [6.07, 6.45) is 1.69. The van der Waals surface area contributed by atoms with E-state index in [0.29, 0.717) is 24.0 Å². The Hall–Kier alpha value is -2.67. The van der Waals surface area contributed by atoms with Crippen molar-refractivity contribution in [3.8, 4) is 0 Å². The number of hydrazine groups is 1. The Kier molecular flexibility index (Phi) is 3.18. The number of aryl methyl sites for hydroxylation is 1. The molecule has 0 saturated carbocycles. The van der Waals surface area contributed by atoms with Gasteiger partial charge in [-0.1, -0.05) is 29.8 Å². The Morgan fingerprint density at radius 1 is 1.30 bits per heavy atom. The van der Waals surface area contributed by atoms with Crippen molar-refractivity contribution < 1.29 is 0 Å². The van der Waals surface area contributed by atoms with E-state index in [4.69, 9.17) is 5.84 Å². The number of fused-ring (bicyclic) bond motifs is 1. The van der Waals surface area contributed by atoms with E-state index in [2.05, 4.69) is 56.0 Å². The smallest absolute Gasteiger partial charge is 0.241 e. The maximum Gasteiger partial charge on any atom is 0.241 e. The Labute approximate surface area is 115 Å². The highest BCUT2D eigenvalue weighted by Gasteiger charge is 2.08. The van der Waals surface area contributed by atoms with Gasteiger partial charge in [0.2, 0.25) is 5.95 Å². The summed E-state index contributed by atoms with van der Waals surface area (Å²) in [6.45, 7) is 2.74. The summed E-state index contributed by atoms with van der Waals surface area (Å²) < 4.78 is 0. The Balaban J connectivity index is 1.88. The van der Waals surface area contributed by atoms with Crippen LogP contribution in [0.25, 0.3) is 11.0 Å². The summed E-state index contributed by atoms with van der Waals surface area (Å²) in [4.78, 5) is 8.49. The molecule has 0 fully saturated rings. The van der Waals surface area contributed by atoms with Crippen LogP contribution in [-0.4, -0.2) is 20.2 Å². The molecule has 0 saturated heterocycles. The Bertz CT molecular complexity index is 734. The first-order valence-electron chi connectivity index (χ1n) is 6.23. The van der Waals surface area contributed by atoms with Crippen molar-refractivity contribution >= 4 is 22.8 Å². The van der Waals surface area contributed by atoms with E-state index in [-0.39, 0.29) is 0 Å². The minimum Gasteiger partial charge on any atom is -0.365 e. The van der Waals surface area contributed by atoms with E-state index in [9.17, 15) is 0 Å². The van der Waals surface area contributed by atoms with Crippen LogP contribution in [-0.2, 0) is 6.54 Å². The number of nitrogens with zero attached hydrogens (tertiary/aromatic N) is 3. The fourth-order valence-corrected chi connectivity index (χ4v) is 2.04. The molecular weight excluding hydrogens is 254 g/mol. The molecule has 0 unspecified atom stereocenters. The zero-order chi connectivity index (χ0) is 13.9. The molecule has 1 aromatic carbocycles. The van der Waals surface area contributed by atoms with Gasteiger partial charge in [0.1, 0.15) is 5.82 Å². The maximum atomic E-state index is 5.37. The monoisotopic (exact) mass is 269 g/mol. The largest absolute Gasteiger partial charge is 0.365 e. The van der Waals surface area contributed by atoms with Crippen LogP contribution in [0.3, 0.4) is 0 Å². The van der Waals surface area contributed by atoms with Crippen molar-refractivity contribution in [2.45, 2.75) is 13.5 Å². The van der Waals surface area contributed by atoms with Crippen LogP contribution < -0.4 is 16.6 Å². The minimum absolute atomic E-state index is 0.341. The van der Waals surface area contributed by atoms with Gasteiger partial charge >= 0.3 is 0 Å². The molecule has 2 aromatic heterocycles. The second-order valence-corrected chi connectivity index (χ2v) is 4.52. The molecule has 0 amide bonds. The van der Waals surface area contributed by atoms with Gasteiger partial charge in [-0.2, -0.15) is 15.1 Å². The van der Waals surface area contributed by atoms with Gasteiger partial charge in [-0.3, -0.25) is 10.5 Å².